The molecule has 0 bridgehead atoms. The Morgan fingerprint density at radius 1 is 1.07 bits per heavy atom. The number of alkyl halides is 3. The normalized spacial score (nSPS) is 13.3. The van der Waals surface area contributed by atoms with Gasteiger partial charge in [-0.2, -0.15) is 17.7 Å². The summed E-state index contributed by atoms with van der Waals surface area (Å²) in [5.41, 5.74) is 2.18. The van der Waals surface area contributed by atoms with Crippen molar-refractivity contribution in [3.63, 3.8) is 0 Å². The van der Waals surface area contributed by atoms with E-state index in [9.17, 15) is 17.6 Å². The van der Waals surface area contributed by atoms with Crippen molar-refractivity contribution in [2.75, 3.05) is 26.0 Å². The Labute approximate surface area is 159 Å². The molecule has 0 radical (unpaired) electrons. The van der Waals surface area contributed by atoms with E-state index in [2.05, 4.69) is 20.6 Å². The number of anilines is 1. The first-order chi connectivity index (χ1) is 13.1. The maximum Gasteiger partial charge on any atom is 0.453 e. The number of halogens is 4. The minimum absolute atomic E-state index is 0.0677. The second-order valence-corrected chi connectivity index (χ2v) is 6.77. The molecule has 0 aliphatic rings. The summed E-state index contributed by atoms with van der Waals surface area (Å²) < 4.78 is 53.4. The van der Waals surface area contributed by atoms with E-state index in [1.807, 2.05) is 19.0 Å². The fourth-order valence-electron chi connectivity index (χ4n) is 2.95. The molecule has 0 aliphatic carbocycles. The van der Waals surface area contributed by atoms with Crippen LogP contribution in [0.25, 0.3) is 5.65 Å². The highest BCUT2D eigenvalue weighted by Crippen LogP contribution is 2.30. The molecule has 2 aromatic heterocycles. The van der Waals surface area contributed by atoms with Gasteiger partial charge in [-0.1, -0.05) is 12.1 Å². The molecular weight excluding hydrogens is 376 g/mol. The molecule has 1 atom stereocenters. The zero-order chi connectivity index (χ0) is 20.6. The summed E-state index contributed by atoms with van der Waals surface area (Å²) in [4.78, 5) is 1.93. The van der Waals surface area contributed by atoms with Gasteiger partial charge >= 0.3 is 6.18 Å². The van der Waals surface area contributed by atoms with Gasteiger partial charge in [0.2, 0.25) is 0 Å². The number of rotatable bonds is 5. The molecule has 0 aliphatic heterocycles. The van der Waals surface area contributed by atoms with Gasteiger partial charge in [0.05, 0.1) is 6.04 Å². The van der Waals surface area contributed by atoms with Gasteiger partial charge in [-0.15, -0.1) is 15.3 Å². The van der Waals surface area contributed by atoms with Gasteiger partial charge in [0.25, 0.3) is 5.82 Å². The number of aryl methyl sites for hydroxylation is 1. The molecular formula is C18H20F4N6. The lowest BCUT2D eigenvalue weighted by molar-refractivity contribution is -0.146. The molecule has 6 nitrogen and oxygen atoms in total. The number of nitrogens with zero attached hydrogens (tertiary/aromatic N) is 5. The van der Waals surface area contributed by atoms with E-state index in [0.717, 1.165) is 5.56 Å². The maximum atomic E-state index is 13.2. The molecule has 0 fully saturated rings. The van der Waals surface area contributed by atoms with Gasteiger partial charge in [-0.25, -0.2) is 4.39 Å². The molecule has 0 saturated heterocycles. The van der Waals surface area contributed by atoms with Crippen LogP contribution in [-0.2, 0) is 6.18 Å². The quantitative estimate of drug-likeness (QED) is 0.668. The molecule has 0 amide bonds. The van der Waals surface area contributed by atoms with E-state index >= 15 is 0 Å². The van der Waals surface area contributed by atoms with Gasteiger partial charge in [-0.05, 0) is 51.2 Å². The third-order valence-corrected chi connectivity index (χ3v) is 4.69. The molecule has 1 aromatic carbocycles. The lowest BCUT2D eigenvalue weighted by atomic mass is 10.1. The van der Waals surface area contributed by atoms with Gasteiger partial charge in [0.1, 0.15) is 11.6 Å². The smallest absolute Gasteiger partial charge is 0.366 e. The van der Waals surface area contributed by atoms with Gasteiger partial charge in [0, 0.05) is 12.1 Å². The summed E-state index contributed by atoms with van der Waals surface area (Å²) in [7, 11) is 3.73. The summed E-state index contributed by atoms with van der Waals surface area (Å²) in [5, 5.41) is 14.1. The van der Waals surface area contributed by atoms with Crippen molar-refractivity contribution in [2.45, 2.75) is 26.1 Å². The summed E-state index contributed by atoms with van der Waals surface area (Å²) in [6, 6.07) is 5.97. The van der Waals surface area contributed by atoms with Crippen LogP contribution >= 0.6 is 0 Å². The first kappa shape index (κ1) is 20.0. The van der Waals surface area contributed by atoms with Crippen molar-refractivity contribution >= 4 is 11.5 Å². The number of nitrogens with one attached hydrogen (secondary N) is 1. The summed E-state index contributed by atoms with van der Waals surface area (Å²) in [5.74, 6) is -1.19. The maximum absolute atomic E-state index is 13.2. The average Bonchev–Trinajstić information content (AvgIpc) is 3.04. The summed E-state index contributed by atoms with van der Waals surface area (Å²) in [6.45, 7) is 3.80. The van der Waals surface area contributed by atoms with E-state index in [4.69, 9.17) is 0 Å². The fraction of sp³-hybridized carbons (Fsp3) is 0.389. The first-order valence-electron chi connectivity index (χ1n) is 8.55. The predicted molar refractivity (Wildman–Crippen MR) is 96.6 cm³/mol. The van der Waals surface area contributed by atoms with Crippen molar-refractivity contribution in [1.29, 1.82) is 0 Å². The van der Waals surface area contributed by atoms with Crippen LogP contribution in [0.5, 0.6) is 0 Å². The monoisotopic (exact) mass is 396 g/mol. The van der Waals surface area contributed by atoms with Crippen molar-refractivity contribution in [3.8, 4) is 0 Å². The van der Waals surface area contributed by atoms with Crippen LogP contribution in [0.4, 0.5) is 23.4 Å². The third kappa shape index (κ3) is 3.77. The van der Waals surface area contributed by atoms with E-state index in [0.29, 0.717) is 28.0 Å². The van der Waals surface area contributed by atoms with Crippen molar-refractivity contribution in [2.24, 2.45) is 0 Å². The lowest BCUT2D eigenvalue weighted by Gasteiger charge is -2.26. The molecule has 2 heterocycles. The lowest BCUT2D eigenvalue weighted by Crippen LogP contribution is -2.27. The number of hydrogen-bond donors (Lipinski definition) is 1. The Kier molecular flexibility index (Phi) is 5.24. The number of fused-ring (bicyclic) bond motifs is 1. The van der Waals surface area contributed by atoms with Crippen LogP contribution in [0.2, 0.25) is 0 Å². The average molecular weight is 396 g/mol. The highest BCUT2D eigenvalue weighted by Gasteiger charge is 2.38. The summed E-state index contributed by atoms with van der Waals surface area (Å²) in [6.07, 6.45) is -4.66. The Balaban J connectivity index is 1.94. The van der Waals surface area contributed by atoms with Crippen molar-refractivity contribution in [1.82, 2.24) is 24.7 Å². The van der Waals surface area contributed by atoms with Crippen LogP contribution in [0, 0.1) is 19.7 Å². The highest BCUT2D eigenvalue weighted by atomic mass is 19.4. The zero-order valence-electron chi connectivity index (χ0n) is 15.8. The number of likely N-dealkylation sites (N-methyl/N-ethyl adjacent to an activating group) is 1. The highest BCUT2D eigenvalue weighted by molar-refractivity contribution is 5.58. The largest absolute Gasteiger partial charge is 0.453 e. The summed E-state index contributed by atoms with van der Waals surface area (Å²) >= 11 is 0. The van der Waals surface area contributed by atoms with Crippen molar-refractivity contribution in [3.05, 3.63) is 52.6 Å². The molecule has 0 saturated carbocycles. The van der Waals surface area contributed by atoms with Crippen LogP contribution in [0.3, 0.4) is 0 Å². The molecule has 0 spiro atoms. The molecule has 10 heteroatoms. The molecule has 3 aromatic rings. The minimum atomic E-state index is -4.66. The fourth-order valence-corrected chi connectivity index (χ4v) is 2.95. The van der Waals surface area contributed by atoms with Crippen molar-refractivity contribution < 1.29 is 17.6 Å². The van der Waals surface area contributed by atoms with Gasteiger partial charge < -0.3 is 10.2 Å². The van der Waals surface area contributed by atoms with E-state index in [1.165, 1.54) is 12.1 Å². The Morgan fingerprint density at radius 2 is 1.71 bits per heavy atom. The Bertz CT molecular complexity index is 978. The minimum Gasteiger partial charge on any atom is -0.366 e. The zero-order valence-corrected chi connectivity index (χ0v) is 15.8. The van der Waals surface area contributed by atoms with Crippen LogP contribution in [-0.4, -0.2) is 45.4 Å². The first-order valence-corrected chi connectivity index (χ1v) is 8.55. The number of benzene rings is 1. The van der Waals surface area contributed by atoms with Gasteiger partial charge in [-0.3, -0.25) is 0 Å². The SMILES string of the molecule is Cc1c(NCC(c2ccc(F)cc2)N(C)C)nn2c(C(F)(F)F)nnc2c1C. The number of hydrogen-bond acceptors (Lipinski definition) is 5. The molecule has 3 rings (SSSR count). The predicted octanol–water partition coefficient (Wildman–Crippen LogP) is 3.61. The van der Waals surface area contributed by atoms with Crippen LogP contribution in [0.1, 0.15) is 28.6 Å². The van der Waals surface area contributed by atoms with E-state index < -0.39 is 12.0 Å². The molecule has 1 unspecified atom stereocenters. The standard InChI is InChI=1S/C18H20F4N6/c1-10-11(2)16-24-25-17(18(20,21)22)28(16)26-15(10)23-9-14(27(3)4)12-5-7-13(19)8-6-12/h5-8,14H,9H2,1-4H3,(H,23,26). The third-order valence-electron chi connectivity index (χ3n) is 4.69. The van der Waals surface area contributed by atoms with Crippen LogP contribution < -0.4 is 5.32 Å². The second kappa shape index (κ2) is 7.34. The van der Waals surface area contributed by atoms with E-state index in [1.54, 1.807) is 26.0 Å². The molecule has 1 N–H and O–H groups in total. The van der Waals surface area contributed by atoms with Gasteiger partial charge in [0.15, 0.2) is 5.65 Å². The molecule has 28 heavy (non-hydrogen) atoms. The topological polar surface area (TPSA) is 58.4 Å². The number of aromatic nitrogens is 4. The van der Waals surface area contributed by atoms with Crippen LogP contribution in [0.15, 0.2) is 24.3 Å². The Morgan fingerprint density at radius 3 is 2.29 bits per heavy atom. The Hall–Kier alpha value is -2.75. The van der Waals surface area contributed by atoms with E-state index in [-0.39, 0.29) is 17.5 Å². The second-order valence-electron chi connectivity index (χ2n) is 6.77. The molecule has 150 valence electrons.